The second kappa shape index (κ2) is 5.84. The minimum absolute atomic E-state index is 0.155. The fourth-order valence-electron chi connectivity index (χ4n) is 1.91. The molecule has 1 aliphatic heterocycles. The lowest BCUT2D eigenvalue weighted by atomic mass is 9.96. The van der Waals surface area contributed by atoms with Gasteiger partial charge in [-0.2, -0.15) is 0 Å². The number of carbonyl (C=O) groups excluding carboxylic acids is 1. The molecule has 1 rings (SSSR count). The first kappa shape index (κ1) is 13.0. The number of hydrogen-bond donors (Lipinski definition) is 1. The summed E-state index contributed by atoms with van der Waals surface area (Å²) < 4.78 is 0. The molecule has 1 amide bonds. The smallest absolute Gasteiger partial charge is 0.303 e. The Labute approximate surface area is 96.0 Å². The second-order valence-electron chi connectivity index (χ2n) is 4.62. The number of aliphatic carboxylic acids is 1. The molecular formula is C11H20N2O3. The highest BCUT2D eigenvalue weighted by molar-refractivity contribution is 5.75. The third kappa shape index (κ3) is 4.18. The molecule has 92 valence electrons. The van der Waals surface area contributed by atoms with Crippen molar-refractivity contribution in [3.63, 3.8) is 0 Å². The molecule has 1 N–H and O–H groups in total. The van der Waals surface area contributed by atoms with Crippen LogP contribution in [0.1, 0.15) is 19.3 Å². The minimum atomic E-state index is -0.715. The average Bonchev–Trinajstić information content (AvgIpc) is 2.12. The molecule has 1 fully saturated rings. The number of likely N-dealkylation sites (tertiary alicyclic amines) is 1. The van der Waals surface area contributed by atoms with Crippen molar-refractivity contribution in [3.8, 4) is 0 Å². The maximum absolute atomic E-state index is 11.3. The van der Waals surface area contributed by atoms with Crippen LogP contribution in [0.2, 0.25) is 0 Å². The standard InChI is InChI=1S/C11H20N2O3/c1-12(2)10(14)4-3-5-13-7-9(8-13)6-11(15)16/h9H,3-8H2,1-2H3,(H,15,16). The van der Waals surface area contributed by atoms with Gasteiger partial charge in [0.05, 0.1) is 6.42 Å². The summed E-state index contributed by atoms with van der Waals surface area (Å²) in [5.74, 6) is -0.253. The van der Waals surface area contributed by atoms with Gasteiger partial charge in [0, 0.05) is 33.6 Å². The Bertz CT molecular complexity index is 260. The van der Waals surface area contributed by atoms with Gasteiger partial charge in [-0.3, -0.25) is 9.59 Å². The summed E-state index contributed by atoms with van der Waals surface area (Å²) in [5.41, 5.74) is 0. The SMILES string of the molecule is CN(C)C(=O)CCCN1CC(CC(=O)O)C1. The summed E-state index contributed by atoms with van der Waals surface area (Å²) in [6, 6.07) is 0. The van der Waals surface area contributed by atoms with Gasteiger partial charge in [-0.05, 0) is 18.9 Å². The van der Waals surface area contributed by atoms with E-state index in [9.17, 15) is 9.59 Å². The molecule has 0 atom stereocenters. The monoisotopic (exact) mass is 228 g/mol. The zero-order valence-corrected chi connectivity index (χ0v) is 9.98. The molecule has 0 radical (unpaired) electrons. The van der Waals surface area contributed by atoms with Gasteiger partial charge in [-0.25, -0.2) is 0 Å². The van der Waals surface area contributed by atoms with Crippen LogP contribution in [0.4, 0.5) is 0 Å². The van der Waals surface area contributed by atoms with Crippen LogP contribution in [0, 0.1) is 5.92 Å². The summed E-state index contributed by atoms with van der Waals surface area (Å²) in [4.78, 5) is 25.5. The Hall–Kier alpha value is -1.10. The third-order valence-electron chi connectivity index (χ3n) is 2.86. The van der Waals surface area contributed by atoms with Gasteiger partial charge in [0.25, 0.3) is 0 Å². The maximum Gasteiger partial charge on any atom is 0.303 e. The quantitative estimate of drug-likeness (QED) is 0.708. The van der Waals surface area contributed by atoms with E-state index in [1.807, 2.05) is 0 Å². The van der Waals surface area contributed by atoms with Gasteiger partial charge >= 0.3 is 5.97 Å². The molecule has 1 heterocycles. The molecule has 16 heavy (non-hydrogen) atoms. The topological polar surface area (TPSA) is 60.9 Å². The Morgan fingerprint density at radius 3 is 2.50 bits per heavy atom. The van der Waals surface area contributed by atoms with Crippen LogP contribution in [-0.4, -0.2) is 60.5 Å². The van der Waals surface area contributed by atoms with Crippen LogP contribution in [-0.2, 0) is 9.59 Å². The van der Waals surface area contributed by atoms with E-state index in [2.05, 4.69) is 4.90 Å². The van der Waals surface area contributed by atoms with E-state index in [1.54, 1.807) is 19.0 Å². The zero-order valence-electron chi connectivity index (χ0n) is 9.98. The zero-order chi connectivity index (χ0) is 12.1. The average molecular weight is 228 g/mol. The lowest BCUT2D eigenvalue weighted by Gasteiger charge is -2.38. The van der Waals surface area contributed by atoms with E-state index in [0.29, 0.717) is 12.3 Å². The largest absolute Gasteiger partial charge is 0.481 e. The predicted octanol–water partition coefficient (Wildman–Crippen LogP) is 0.261. The van der Waals surface area contributed by atoms with Gasteiger partial charge in [-0.15, -0.1) is 0 Å². The van der Waals surface area contributed by atoms with E-state index in [-0.39, 0.29) is 12.3 Å². The Morgan fingerprint density at radius 2 is 2.00 bits per heavy atom. The molecule has 0 spiro atoms. The maximum atomic E-state index is 11.3. The van der Waals surface area contributed by atoms with Crippen molar-refractivity contribution in [1.29, 1.82) is 0 Å². The van der Waals surface area contributed by atoms with Crippen LogP contribution < -0.4 is 0 Å². The lowest BCUT2D eigenvalue weighted by Crippen LogP contribution is -2.47. The molecule has 0 aromatic rings. The van der Waals surface area contributed by atoms with E-state index in [4.69, 9.17) is 5.11 Å². The fraction of sp³-hybridized carbons (Fsp3) is 0.818. The van der Waals surface area contributed by atoms with E-state index < -0.39 is 5.97 Å². The molecule has 0 aliphatic carbocycles. The van der Waals surface area contributed by atoms with Crippen LogP contribution in [0.3, 0.4) is 0 Å². The minimum Gasteiger partial charge on any atom is -0.481 e. The van der Waals surface area contributed by atoms with Crippen LogP contribution in [0.5, 0.6) is 0 Å². The van der Waals surface area contributed by atoms with Crippen molar-refractivity contribution in [3.05, 3.63) is 0 Å². The summed E-state index contributed by atoms with van der Waals surface area (Å²) >= 11 is 0. The number of carbonyl (C=O) groups is 2. The van der Waals surface area contributed by atoms with Crippen molar-refractivity contribution >= 4 is 11.9 Å². The highest BCUT2D eigenvalue weighted by atomic mass is 16.4. The van der Waals surface area contributed by atoms with Crippen LogP contribution in [0.25, 0.3) is 0 Å². The first-order chi connectivity index (χ1) is 7.49. The van der Waals surface area contributed by atoms with Crippen LogP contribution in [0.15, 0.2) is 0 Å². The van der Waals surface area contributed by atoms with Crippen molar-refractivity contribution in [2.75, 3.05) is 33.7 Å². The van der Waals surface area contributed by atoms with E-state index >= 15 is 0 Å². The molecular weight excluding hydrogens is 208 g/mol. The van der Waals surface area contributed by atoms with Gasteiger partial charge in [-0.1, -0.05) is 0 Å². The first-order valence-corrected chi connectivity index (χ1v) is 5.63. The van der Waals surface area contributed by atoms with E-state index in [0.717, 1.165) is 26.1 Å². The lowest BCUT2D eigenvalue weighted by molar-refractivity contribution is -0.139. The van der Waals surface area contributed by atoms with E-state index in [1.165, 1.54) is 0 Å². The third-order valence-corrected chi connectivity index (χ3v) is 2.86. The fourth-order valence-corrected chi connectivity index (χ4v) is 1.91. The molecule has 0 aromatic carbocycles. The predicted molar refractivity (Wildman–Crippen MR) is 60.1 cm³/mol. The number of rotatable bonds is 6. The highest BCUT2D eigenvalue weighted by Gasteiger charge is 2.27. The highest BCUT2D eigenvalue weighted by Crippen LogP contribution is 2.19. The Kier molecular flexibility index (Phi) is 4.73. The molecule has 0 aromatic heterocycles. The first-order valence-electron chi connectivity index (χ1n) is 5.63. The normalized spacial score (nSPS) is 16.9. The molecule has 0 bridgehead atoms. The van der Waals surface area contributed by atoms with Crippen molar-refractivity contribution in [2.45, 2.75) is 19.3 Å². The summed E-state index contributed by atoms with van der Waals surface area (Å²) in [7, 11) is 3.52. The number of carboxylic acid groups (broad SMARTS) is 1. The molecule has 5 heteroatoms. The summed E-state index contributed by atoms with van der Waals surface area (Å²) in [6.45, 7) is 2.63. The number of amides is 1. The van der Waals surface area contributed by atoms with Crippen molar-refractivity contribution in [1.82, 2.24) is 9.80 Å². The van der Waals surface area contributed by atoms with Gasteiger partial charge in [0.2, 0.25) is 5.91 Å². The summed E-state index contributed by atoms with van der Waals surface area (Å²) in [5, 5.41) is 8.58. The van der Waals surface area contributed by atoms with Gasteiger partial charge < -0.3 is 14.9 Å². The number of nitrogens with zero attached hydrogens (tertiary/aromatic N) is 2. The number of carboxylic acids is 1. The van der Waals surface area contributed by atoms with Crippen molar-refractivity contribution in [2.24, 2.45) is 5.92 Å². The van der Waals surface area contributed by atoms with Crippen LogP contribution >= 0.6 is 0 Å². The Balaban J connectivity index is 2.01. The van der Waals surface area contributed by atoms with Gasteiger partial charge in [0.1, 0.15) is 0 Å². The molecule has 0 unspecified atom stereocenters. The second-order valence-corrected chi connectivity index (χ2v) is 4.62. The number of hydrogen-bond acceptors (Lipinski definition) is 3. The molecule has 1 saturated heterocycles. The molecule has 1 aliphatic rings. The summed E-state index contributed by atoms with van der Waals surface area (Å²) in [6.07, 6.45) is 1.71. The Morgan fingerprint density at radius 1 is 1.38 bits per heavy atom. The molecule has 0 saturated carbocycles. The molecule has 5 nitrogen and oxygen atoms in total. The van der Waals surface area contributed by atoms with Gasteiger partial charge in [0.15, 0.2) is 0 Å². The van der Waals surface area contributed by atoms with Crippen molar-refractivity contribution < 1.29 is 14.7 Å².